The van der Waals surface area contributed by atoms with E-state index in [4.69, 9.17) is 9.15 Å². The average molecular weight is 231 g/mol. The van der Waals surface area contributed by atoms with Gasteiger partial charge in [0, 0.05) is 11.6 Å². The van der Waals surface area contributed by atoms with Crippen LogP contribution in [0.4, 0.5) is 0 Å². The molecular formula is C14H17NO2. The van der Waals surface area contributed by atoms with Crippen LogP contribution in [0.1, 0.15) is 24.3 Å². The highest BCUT2D eigenvalue weighted by atomic mass is 16.5. The summed E-state index contributed by atoms with van der Waals surface area (Å²) in [5.41, 5.74) is 1.15. The topological polar surface area (TPSA) is 34.4 Å². The van der Waals surface area contributed by atoms with E-state index >= 15 is 0 Å². The number of nitrogens with one attached hydrogen (secondary N) is 1. The summed E-state index contributed by atoms with van der Waals surface area (Å²) in [7, 11) is 1.69. The van der Waals surface area contributed by atoms with Gasteiger partial charge in [0.2, 0.25) is 0 Å². The summed E-state index contributed by atoms with van der Waals surface area (Å²) in [4.78, 5) is 0. The van der Waals surface area contributed by atoms with Gasteiger partial charge in [-0.3, -0.25) is 0 Å². The summed E-state index contributed by atoms with van der Waals surface area (Å²) < 4.78 is 10.6. The molecular weight excluding hydrogens is 214 g/mol. The van der Waals surface area contributed by atoms with Gasteiger partial charge in [0.05, 0.1) is 19.9 Å². The van der Waals surface area contributed by atoms with Crippen molar-refractivity contribution in [2.24, 2.45) is 0 Å². The Bertz CT molecular complexity index is 451. The Labute approximate surface area is 101 Å². The molecule has 1 atom stereocenters. The number of benzene rings is 1. The van der Waals surface area contributed by atoms with Crippen LogP contribution in [0.25, 0.3) is 0 Å². The first kappa shape index (κ1) is 11.7. The fraction of sp³-hybridized carbons (Fsp3) is 0.286. The molecule has 1 aromatic heterocycles. The molecule has 0 fully saturated rings. The van der Waals surface area contributed by atoms with Gasteiger partial charge in [-0.15, -0.1) is 0 Å². The molecule has 0 aliphatic rings. The van der Waals surface area contributed by atoms with E-state index in [0.717, 1.165) is 17.1 Å². The zero-order valence-electron chi connectivity index (χ0n) is 10.1. The molecule has 0 unspecified atom stereocenters. The third kappa shape index (κ3) is 2.88. The van der Waals surface area contributed by atoms with E-state index in [-0.39, 0.29) is 6.04 Å². The first-order valence-corrected chi connectivity index (χ1v) is 5.70. The Balaban J connectivity index is 2.01. The molecule has 0 bridgehead atoms. The Morgan fingerprint density at radius 1 is 1.24 bits per heavy atom. The minimum Gasteiger partial charge on any atom is -0.496 e. The number of para-hydroxylation sites is 1. The molecule has 0 amide bonds. The third-order valence-electron chi connectivity index (χ3n) is 2.77. The van der Waals surface area contributed by atoms with Crippen LogP contribution in [0.15, 0.2) is 47.1 Å². The van der Waals surface area contributed by atoms with E-state index in [1.165, 1.54) is 0 Å². The lowest BCUT2D eigenvalue weighted by Gasteiger charge is -2.16. The number of hydrogen-bond acceptors (Lipinski definition) is 3. The van der Waals surface area contributed by atoms with Crippen molar-refractivity contribution < 1.29 is 9.15 Å². The number of hydrogen-bond donors (Lipinski definition) is 1. The average Bonchev–Trinajstić information content (AvgIpc) is 2.89. The molecule has 0 aliphatic carbocycles. The maximum Gasteiger partial charge on any atom is 0.123 e. The molecule has 1 heterocycles. The molecule has 2 rings (SSSR count). The molecule has 17 heavy (non-hydrogen) atoms. The second-order valence-corrected chi connectivity index (χ2v) is 3.92. The zero-order chi connectivity index (χ0) is 12.1. The summed E-state index contributed by atoms with van der Waals surface area (Å²) in [5.74, 6) is 1.85. The van der Waals surface area contributed by atoms with Crippen LogP contribution < -0.4 is 10.1 Å². The van der Waals surface area contributed by atoms with Gasteiger partial charge in [-0.05, 0) is 25.1 Å². The normalized spacial score (nSPS) is 12.4. The molecule has 0 saturated heterocycles. The molecule has 2 aromatic rings. The second kappa shape index (κ2) is 5.55. The highest BCUT2D eigenvalue weighted by molar-refractivity contribution is 5.35. The Morgan fingerprint density at radius 3 is 2.76 bits per heavy atom. The van der Waals surface area contributed by atoms with Gasteiger partial charge >= 0.3 is 0 Å². The minimum absolute atomic E-state index is 0.219. The first-order chi connectivity index (χ1) is 8.31. The SMILES string of the molecule is COc1ccccc1[C@@H](C)NCc1ccco1. The highest BCUT2D eigenvalue weighted by Gasteiger charge is 2.10. The predicted molar refractivity (Wildman–Crippen MR) is 67.0 cm³/mol. The first-order valence-electron chi connectivity index (χ1n) is 5.70. The molecule has 3 nitrogen and oxygen atoms in total. The summed E-state index contributed by atoms with van der Waals surface area (Å²) in [6.07, 6.45) is 1.69. The van der Waals surface area contributed by atoms with E-state index in [0.29, 0.717) is 6.54 Å². The lowest BCUT2D eigenvalue weighted by Crippen LogP contribution is -2.18. The number of methoxy groups -OCH3 is 1. The fourth-order valence-corrected chi connectivity index (χ4v) is 1.80. The van der Waals surface area contributed by atoms with Gasteiger partial charge in [-0.25, -0.2) is 0 Å². The molecule has 0 saturated carbocycles. The highest BCUT2D eigenvalue weighted by Crippen LogP contribution is 2.24. The summed E-state index contributed by atoms with van der Waals surface area (Å²) in [6, 6.07) is 12.1. The van der Waals surface area contributed by atoms with Crippen molar-refractivity contribution in [2.45, 2.75) is 19.5 Å². The minimum atomic E-state index is 0.219. The van der Waals surface area contributed by atoms with E-state index in [2.05, 4.69) is 18.3 Å². The smallest absolute Gasteiger partial charge is 0.123 e. The summed E-state index contributed by atoms with van der Waals surface area (Å²) in [6.45, 7) is 2.83. The molecule has 3 heteroatoms. The lowest BCUT2D eigenvalue weighted by molar-refractivity contribution is 0.398. The summed E-state index contributed by atoms with van der Waals surface area (Å²) in [5, 5.41) is 3.40. The van der Waals surface area contributed by atoms with Crippen molar-refractivity contribution in [3.8, 4) is 5.75 Å². The quantitative estimate of drug-likeness (QED) is 0.858. The number of ether oxygens (including phenoxy) is 1. The maximum absolute atomic E-state index is 5.34. The van der Waals surface area contributed by atoms with E-state index < -0.39 is 0 Å². The molecule has 0 spiro atoms. The van der Waals surface area contributed by atoms with Crippen LogP contribution in [0.2, 0.25) is 0 Å². The van der Waals surface area contributed by atoms with Gasteiger partial charge in [0.25, 0.3) is 0 Å². The van der Waals surface area contributed by atoms with Crippen molar-refractivity contribution in [1.29, 1.82) is 0 Å². The third-order valence-corrected chi connectivity index (χ3v) is 2.77. The number of rotatable bonds is 5. The van der Waals surface area contributed by atoms with E-state index in [1.807, 2.05) is 30.3 Å². The maximum atomic E-state index is 5.34. The fourth-order valence-electron chi connectivity index (χ4n) is 1.80. The molecule has 1 N–H and O–H groups in total. The van der Waals surface area contributed by atoms with Crippen molar-refractivity contribution in [3.63, 3.8) is 0 Å². The van der Waals surface area contributed by atoms with Crippen molar-refractivity contribution in [2.75, 3.05) is 7.11 Å². The largest absolute Gasteiger partial charge is 0.496 e. The molecule has 1 aromatic carbocycles. The van der Waals surface area contributed by atoms with Crippen LogP contribution in [-0.2, 0) is 6.54 Å². The summed E-state index contributed by atoms with van der Waals surface area (Å²) >= 11 is 0. The van der Waals surface area contributed by atoms with Crippen LogP contribution in [0.3, 0.4) is 0 Å². The Morgan fingerprint density at radius 2 is 2.06 bits per heavy atom. The number of furan rings is 1. The van der Waals surface area contributed by atoms with Gasteiger partial charge in [0.15, 0.2) is 0 Å². The van der Waals surface area contributed by atoms with Gasteiger partial charge in [-0.2, -0.15) is 0 Å². The predicted octanol–water partition coefficient (Wildman–Crippen LogP) is 3.14. The molecule has 0 aliphatic heterocycles. The monoisotopic (exact) mass is 231 g/mol. The van der Waals surface area contributed by atoms with E-state index in [9.17, 15) is 0 Å². The Kier molecular flexibility index (Phi) is 3.83. The standard InChI is InChI=1S/C14H17NO2/c1-11(15-10-12-6-5-9-17-12)13-7-3-4-8-14(13)16-2/h3-9,11,15H,10H2,1-2H3/t11-/m1/s1. The second-order valence-electron chi connectivity index (χ2n) is 3.92. The van der Waals surface area contributed by atoms with Crippen molar-refractivity contribution >= 4 is 0 Å². The van der Waals surface area contributed by atoms with Crippen LogP contribution in [-0.4, -0.2) is 7.11 Å². The Hall–Kier alpha value is -1.74. The zero-order valence-corrected chi connectivity index (χ0v) is 10.1. The van der Waals surface area contributed by atoms with Crippen LogP contribution in [0, 0.1) is 0 Å². The van der Waals surface area contributed by atoms with Gasteiger partial charge in [-0.1, -0.05) is 18.2 Å². The van der Waals surface area contributed by atoms with Gasteiger partial charge in [0.1, 0.15) is 11.5 Å². The van der Waals surface area contributed by atoms with Crippen LogP contribution >= 0.6 is 0 Å². The van der Waals surface area contributed by atoms with Crippen molar-refractivity contribution in [3.05, 3.63) is 54.0 Å². The van der Waals surface area contributed by atoms with Crippen LogP contribution in [0.5, 0.6) is 5.75 Å². The van der Waals surface area contributed by atoms with E-state index in [1.54, 1.807) is 13.4 Å². The molecule has 90 valence electrons. The lowest BCUT2D eigenvalue weighted by atomic mass is 10.1. The van der Waals surface area contributed by atoms with Crippen molar-refractivity contribution in [1.82, 2.24) is 5.32 Å². The molecule has 0 radical (unpaired) electrons. The van der Waals surface area contributed by atoms with Gasteiger partial charge < -0.3 is 14.5 Å².